The standard InChI is InChI=1S/C16H15FN2O2/c1-11(20)19(2)15-9-4-3-8-14(15)18-16(21)12-6-5-7-13(17)10-12/h3-10H,1-2H3,(H,18,21). The smallest absolute Gasteiger partial charge is 0.255 e. The lowest BCUT2D eigenvalue weighted by Crippen LogP contribution is -2.24. The van der Waals surface area contributed by atoms with Gasteiger partial charge in [-0.3, -0.25) is 9.59 Å². The van der Waals surface area contributed by atoms with E-state index >= 15 is 0 Å². The number of para-hydroxylation sites is 2. The second-order valence-electron chi connectivity index (χ2n) is 4.56. The predicted molar refractivity (Wildman–Crippen MR) is 79.9 cm³/mol. The highest BCUT2D eigenvalue weighted by atomic mass is 19.1. The zero-order valence-corrected chi connectivity index (χ0v) is 11.8. The molecule has 0 bridgehead atoms. The second-order valence-corrected chi connectivity index (χ2v) is 4.56. The van der Waals surface area contributed by atoms with E-state index in [4.69, 9.17) is 0 Å². The predicted octanol–water partition coefficient (Wildman–Crippen LogP) is 3.06. The molecule has 5 heteroatoms. The third-order valence-electron chi connectivity index (χ3n) is 3.07. The van der Waals surface area contributed by atoms with Crippen LogP contribution in [0.2, 0.25) is 0 Å². The molecule has 0 unspecified atom stereocenters. The van der Waals surface area contributed by atoms with E-state index in [1.54, 1.807) is 31.3 Å². The molecule has 2 rings (SSSR count). The summed E-state index contributed by atoms with van der Waals surface area (Å²) in [7, 11) is 1.62. The van der Waals surface area contributed by atoms with Crippen LogP contribution < -0.4 is 10.2 Å². The summed E-state index contributed by atoms with van der Waals surface area (Å²) in [5, 5.41) is 2.69. The van der Waals surface area contributed by atoms with E-state index in [-0.39, 0.29) is 11.5 Å². The molecule has 0 spiro atoms. The Balaban J connectivity index is 2.28. The first-order valence-electron chi connectivity index (χ1n) is 6.39. The second kappa shape index (κ2) is 6.17. The summed E-state index contributed by atoms with van der Waals surface area (Å²) in [5.74, 6) is -1.06. The Labute approximate surface area is 122 Å². The van der Waals surface area contributed by atoms with Crippen LogP contribution in [0, 0.1) is 5.82 Å². The van der Waals surface area contributed by atoms with Gasteiger partial charge in [0.15, 0.2) is 0 Å². The van der Waals surface area contributed by atoms with Crippen molar-refractivity contribution in [2.45, 2.75) is 6.92 Å². The molecule has 0 saturated carbocycles. The third-order valence-corrected chi connectivity index (χ3v) is 3.07. The Bertz CT molecular complexity index is 685. The van der Waals surface area contributed by atoms with Gasteiger partial charge in [-0.1, -0.05) is 18.2 Å². The number of benzene rings is 2. The summed E-state index contributed by atoms with van der Waals surface area (Å²) >= 11 is 0. The lowest BCUT2D eigenvalue weighted by molar-refractivity contribution is -0.116. The number of carbonyl (C=O) groups is 2. The van der Waals surface area contributed by atoms with E-state index < -0.39 is 11.7 Å². The summed E-state index contributed by atoms with van der Waals surface area (Å²) in [6.07, 6.45) is 0. The minimum absolute atomic E-state index is 0.151. The van der Waals surface area contributed by atoms with Crippen LogP contribution in [0.25, 0.3) is 0 Å². The maximum absolute atomic E-state index is 13.1. The summed E-state index contributed by atoms with van der Waals surface area (Å²) in [6.45, 7) is 1.44. The highest BCUT2D eigenvalue weighted by Gasteiger charge is 2.13. The quantitative estimate of drug-likeness (QED) is 0.942. The SMILES string of the molecule is CC(=O)N(C)c1ccccc1NC(=O)c1cccc(F)c1. The molecule has 0 aliphatic rings. The molecule has 0 radical (unpaired) electrons. The average molecular weight is 286 g/mol. The Kier molecular flexibility index (Phi) is 4.33. The van der Waals surface area contributed by atoms with Gasteiger partial charge >= 0.3 is 0 Å². The minimum Gasteiger partial charge on any atom is -0.320 e. The van der Waals surface area contributed by atoms with Crippen LogP contribution >= 0.6 is 0 Å². The van der Waals surface area contributed by atoms with Gasteiger partial charge in [-0.05, 0) is 30.3 Å². The van der Waals surface area contributed by atoms with Gasteiger partial charge in [0.1, 0.15) is 5.82 Å². The highest BCUT2D eigenvalue weighted by molar-refractivity contribution is 6.07. The fraction of sp³-hybridized carbons (Fsp3) is 0.125. The molecule has 0 aliphatic heterocycles. The van der Waals surface area contributed by atoms with Crippen LogP contribution in [0.4, 0.5) is 15.8 Å². The Morgan fingerprint density at radius 3 is 2.48 bits per heavy atom. The van der Waals surface area contributed by atoms with E-state index in [1.165, 1.54) is 30.0 Å². The molecule has 0 fully saturated rings. The summed E-state index contributed by atoms with van der Waals surface area (Å²) < 4.78 is 13.1. The van der Waals surface area contributed by atoms with E-state index in [1.807, 2.05) is 0 Å². The van der Waals surface area contributed by atoms with Crippen molar-refractivity contribution in [2.75, 3.05) is 17.3 Å². The molecule has 0 saturated heterocycles. The molecule has 0 aromatic heterocycles. The van der Waals surface area contributed by atoms with E-state index in [9.17, 15) is 14.0 Å². The number of hydrogen-bond donors (Lipinski definition) is 1. The van der Waals surface area contributed by atoms with Crippen molar-refractivity contribution in [3.05, 3.63) is 59.9 Å². The van der Waals surface area contributed by atoms with Crippen molar-refractivity contribution in [3.63, 3.8) is 0 Å². The van der Waals surface area contributed by atoms with Crippen molar-refractivity contribution in [1.29, 1.82) is 0 Å². The fourth-order valence-electron chi connectivity index (χ4n) is 1.87. The van der Waals surface area contributed by atoms with Crippen LogP contribution in [-0.2, 0) is 4.79 Å². The van der Waals surface area contributed by atoms with Crippen molar-refractivity contribution >= 4 is 23.2 Å². The lowest BCUT2D eigenvalue weighted by atomic mass is 10.2. The zero-order valence-electron chi connectivity index (χ0n) is 11.8. The Morgan fingerprint density at radius 1 is 1.10 bits per heavy atom. The number of anilines is 2. The van der Waals surface area contributed by atoms with Crippen molar-refractivity contribution in [1.82, 2.24) is 0 Å². The number of amides is 2. The normalized spacial score (nSPS) is 10.0. The van der Waals surface area contributed by atoms with Crippen molar-refractivity contribution in [3.8, 4) is 0 Å². The van der Waals surface area contributed by atoms with Gasteiger partial charge in [0.2, 0.25) is 5.91 Å². The monoisotopic (exact) mass is 286 g/mol. The van der Waals surface area contributed by atoms with E-state index in [0.29, 0.717) is 11.4 Å². The number of halogens is 1. The van der Waals surface area contributed by atoms with Gasteiger partial charge in [-0.15, -0.1) is 0 Å². The van der Waals surface area contributed by atoms with Crippen LogP contribution in [-0.4, -0.2) is 18.9 Å². The maximum atomic E-state index is 13.1. The van der Waals surface area contributed by atoms with Gasteiger partial charge in [0.25, 0.3) is 5.91 Å². The molecule has 2 aromatic rings. The van der Waals surface area contributed by atoms with Gasteiger partial charge < -0.3 is 10.2 Å². The molecule has 108 valence electrons. The first-order chi connectivity index (χ1) is 9.99. The summed E-state index contributed by atoms with van der Waals surface area (Å²) in [5.41, 5.74) is 1.29. The van der Waals surface area contributed by atoms with Crippen molar-refractivity contribution < 1.29 is 14.0 Å². The largest absolute Gasteiger partial charge is 0.320 e. The number of nitrogens with one attached hydrogen (secondary N) is 1. The number of rotatable bonds is 3. The molecule has 0 atom stereocenters. The van der Waals surface area contributed by atoms with Gasteiger partial charge in [0, 0.05) is 19.5 Å². The summed E-state index contributed by atoms with van der Waals surface area (Å²) in [6, 6.07) is 12.4. The number of hydrogen-bond acceptors (Lipinski definition) is 2. The molecule has 1 N–H and O–H groups in total. The number of nitrogens with zero attached hydrogens (tertiary/aromatic N) is 1. The zero-order chi connectivity index (χ0) is 15.4. The minimum atomic E-state index is -0.475. The van der Waals surface area contributed by atoms with Crippen LogP contribution in [0.5, 0.6) is 0 Å². The van der Waals surface area contributed by atoms with Crippen LogP contribution in [0.15, 0.2) is 48.5 Å². The summed E-state index contributed by atoms with van der Waals surface area (Å²) in [4.78, 5) is 25.0. The molecule has 21 heavy (non-hydrogen) atoms. The third kappa shape index (κ3) is 3.45. The van der Waals surface area contributed by atoms with E-state index in [2.05, 4.69) is 5.32 Å². The number of carbonyl (C=O) groups excluding carboxylic acids is 2. The lowest BCUT2D eigenvalue weighted by Gasteiger charge is -2.19. The topological polar surface area (TPSA) is 49.4 Å². The molecular weight excluding hydrogens is 271 g/mol. The van der Waals surface area contributed by atoms with Crippen LogP contribution in [0.3, 0.4) is 0 Å². The molecule has 0 heterocycles. The van der Waals surface area contributed by atoms with Crippen molar-refractivity contribution in [2.24, 2.45) is 0 Å². The van der Waals surface area contributed by atoms with Crippen LogP contribution in [0.1, 0.15) is 17.3 Å². The average Bonchev–Trinajstić information content (AvgIpc) is 2.47. The molecule has 2 aromatic carbocycles. The first-order valence-corrected chi connectivity index (χ1v) is 6.39. The Hall–Kier alpha value is -2.69. The highest BCUT2D eigenvalue weighted by Crippen LogP contribution is 2.25. The maximum Gasteiger partial charge on any atom is 0.255 e. The molecule has 2 amide bonds. The van der Waals surface area contributed by atoms with E-state index in [0.717, 1.165) is 6.07 Å². The van der Waals surface area contributed by atoms with Gasteiger partial charge in [-0.25, -0.2) is 4.39 Å². The molecular formula is C16H15FN2O2. The fourth-order valence-corrected chi connectivity index (χ4v) is 1.87. The molecule has 0 aliphatic carbocycles. The van der Waals surface area contributed by atoms with Gasteiger partial charge in [-0.2, -0.15) is 0 Å². The Morgan fingerprint density at radius 2 is 1.81 bits per heavy atom. The molecule has 4 nitrogen and oxygen atoms in total. The first kappa shape index (κ1) is 14.7. The van der Waals surface area contributed by atoms with Gasteiger partial charge in [0.05, 0.1) is 11.4 Å².